The molecule has 1 N–H and O–H groups in total. The van der Waals surface area contributed by atoms with Crippen LogP contribution >= 0.6 is 0 Å². The molecule has 0 heterocycles. The molecule has 2 nitrogen and oxygen atoms in total. The Balaban J connectivity index is 1.82. The van der Waals surface area contributed by atoms with Gasteiger partial charge in [0, 0.05) is 6.04 Å². The number of rotatable bonds is 7. The molecule has 0 radical (unpaired) electrons. The van der Waals surface area contributed by atoms with Gasteiger partial charge >= 0.3 is 0 Å². The van der Waals surface area contributed by atoms with Crippen LogP contribution in [0.2, 0.25) is 0 Å². The number of para-hydroxylation sites is 1. The van der Waals surface area contributed by atoms with E-state index in [0.717, 1.165) is 30.6 Å². The van der Waals surface area contributed by atoms with Crippen molar-refractivity contribution in [2.24, 2.45) is 11.8 Å². The minimum absolute atomic E-state index is 0.601. The van der Waals surface area contributed by atoms with Crippen molar-refractivity contribution in [1.29, 1.82) is 0 Å². The van der Waals surface area contributed by atoms with Crippen molar-refractivity contribution >= 4 is 0 Å². The van der Waals surface area contributed by atoms with E-state index in [-0.39, 0.29) is 0 Å². The Morgan fingerprint density at radius 1 is 1.20 bits per heavy atom. The number of hydrogen-bond acceptors (Lipinski definition) is 2. The first-order valence-electron chi connectivity index (χ1n) is 8.20. The zero-order chi connectivity index (χ0) is 14.2. The zero-order valence-electron chi connectivity index (χ0n) is 13.0. The molecule has 1 aromatic carbocycles. The van der Waals surface area contributed by atoms with Crippen LogP contribution in [0.15, 0.2) is 30.3 Å². The maximum absolute atomic E-state index is 5.86. The Kier molecular flexibility index (Phi) is 6.38. The fraction of sp³-hybridized carbons (Fsp3) is 0.667. The van der Waals surface area contributed by atoms with E-state index < -0.39 is 0 Å². The second-order valence-corrected chi connectivity index (χ2v) is 5.96. The second-order valence-electron chi connectivity index (χ2n) is 5.96. The largest absolute Gasteiger partial charge is 0.494 e. The highest BCUT2D eigenvalue weighted by molar-refractivity contribution is 5.20. The number of ether oxygens (including phenoxy) is 1. The highest BCUT2D eigenvalue weighted by atomic mass is 16.5. The number of nitrogens with one attached hydrogen (secondary N) is 1. The predicted molar refractivity (Wildman–Crippen MR) is 85.1 cm³/mol. The van der Waals surface area contributed by atoms with Gasteiger partial charge in [0.05, 0.1) is 6.61 Å². The molecule has 1 fully saturated rings. The lowest BCUT2D eigenvalue weighted by atomic mass is 9.73. The van der Waals surface area contributed by atoms with Crippen LogP contribution in [0.5, 0.6) is 5.75 Å². The van der Waals surface area contributed by atoms with Crippen molar-refractivity contribution in [3.63, 3.8) is 0 Å². The molecule has 1 aliphatic rings. The molecule has 3 unspecified atom stereocenters. The zero-order valence-corrected chi connectivity index (χ0v) is 13.0. The van der Waals surface area contributed by atoms with E-state index in [1.165, 1.54) is 32.1 Å². The molecule has 0 aliphatic heterocycles. The Hall–Kier alpha value is -1.02. The molecule has 2 rings (SSSR count). The van der Waals surface area contributed by atoms with Gasteiger partial charge in [0.2, 0.25) is 0 Å². The highest BCUT2D eigenvalue weighted by Gasteiger charge is 2.29. The normalized spacial score (nSPS) is 24.3. The number of hydrogen-bond donors (Lipinski definition) is 1. The summed E-state index contributed by atoms with van der Waals surface area (Å²) >= 11 is 0. The third-order valence-corrected chi connectivity index (χ3v) is 4.82. The summed E-state index contributed by atoms with van der Waals surface area (Å²) in [6, 6.07) is 10.7. The molecule has 0 aromatic heterocycles. The van der Waals surface area contributed by atoms with Gasteiger partial charge in [-0.3, -0.25) is 0 Å². The molecule has 0 bridgehead atoms. The van der Waals surface area contributed by atoms with E-state index in [9.17, 15) is 0 Å². The van der Waals surface area contributed by atoms with Crippen molar-refractivity contribution in [3.05, 3.63) is 30.3 Å². The Bertz CT molecular complexity index is 365. The van der Waals surface area contributed by atoms with Crippen LogP contribution in [-0.2, 0) is 0 Å². The van der Waals surface area contributed by atoms with E-state index >= 15 is 0 Å². The second kappa shape index (κ2) is 8.31. The molecule has 20 heavy (non-hydrogen) atoms. The average Bonchev–Trinajstić information content (AvgIpc) is 2.53. The standard InChI is InChI=1S/C18H29NO/c1-3-15-9-7-8-12-17(15)18(19-2)13-14-20-16-10-5-4-6-11-16/h4-6,10-11,15,17-19H,3,7-9,12-14H2,1-2H3. The van der Waals surface area contributed by atoms with E-state index in [2.05, 4.69) is 19.3 Å². The van der Waals surface area contributed by atoms with Crippen molar-refractivity contribution in [1.82, 2.24) is 5.32 Å². The van der Waals surface area contributed by atoms with Crippen LogP contribution in [0.4, 0.5) is 0 Å². The number of benzene rings is 1. The van der Waals surface area contributed by atoms with Crippen LogP contribution in [0, 0.1) is 11.8 Å². The molecule has 0 saturated heterocycles. The van der Waals surface area contributed by atoms with Gasteiger partial charge in [-0.15, -0.1) is 0 Å². The summed E-state index contributed by atoms with van der Waals surface area (Å²) in [5.41, 5.74) is 0. The fourth-order valence-electron chi connectivity index (χ4n) is 3.67. The Labute approximate surface area is 123 Å². The third-order valence-electron chi connectivity index (χ3n) is 4.82. The molecule has 0 spiro atoms. The minimum atomic E-state index is 0.601. The van der Waals surface area contributed by atoms with E-state index in [1.54, 1.807) is 0 Å². The fourth-order valence-corrected chi connectivity index (χ4v) is 3.67. The van der Waals surface area contributed by atoms with Gasteiger partial charge in [0.1, 0.15) is 5.75 Å². The van der Waals surface area contributed by atoms with Crippen LogP contribution in [0.1, 0.15) is 45.4 Å². The maximum Gasteiger partial charge on any atom is 0.119 e. The molecular formula is C18H29NO. The lowest BCUT2D eigenvalue weighted by molar-refractivity contribution is 0.158. The molecule has 112 valence electrons. The van der Waals surface area contributed by atoms with E-state index in [4.69, 9.17) is 4.74 Å². The van der Waals surface area contributed by atoms with Crippen molar-refractivity contribution < 1.29 is 4.74 Å². The van der Waals surface area contributed by atoms with Crippen molar-refractivity contribution in [2.45, 2.75) is 51.5 Å². The summed E-state index contributed by atoms with van der Waals surface area (Å²) in [6.07, 6.45) is 8.05. The summed E-state index contributed by atoms with van der Waals surface area (Å²) in [5.74, 6) is 2.72. The average molecular weight is 275 g/mol. The van der Waals surface area contributed by atoms with E-state index in [1.807, 2.05) is 30.3 Å². The minimum Gasteiger partial charge on any atom is -0.494 e. The summed E-state index contributed by atoms with van der Waals surface area (Å²) < 4.78 is 5.86. The van der Waals surface area contributed by atoms with E-state index in [0.29, 0.717) is 6.04 Å². The molecular weight excluding hydrogens is 246 g/mol. The molecule has 3 atom stereocenters. The highest BCUT2D eigenvalue weighted by Crippen LogP contribution is 2.35. The van der Waals surface area contributed by atoms with Gasteiger partial charge in [-0.25, -0.2) is 0 Å². The van der Waals surface area contributed by atoms with Gasteiger partial charge in [0.25, 0.3) is 0 Å². The molecule has 1 aromatic rings. The third kappa shape index (κ3) is 4.24. The summed E-state index contributed by atoms with van der Waals surface area (Å²) in [4.78, 5) is 0. The quantitative estimate of drug-likeness (QED) is 0.803. The topological polar surface area (TPSA) is 21.3 Å². The van der Waals surface area contributed by atoms with Crippen LogP contribution < -0.4 is 10.1 Å². The first kappa shape index (κ1) is 15.4. The predicted octanol–water partition coefficient (Wildman–Crippen LogP) is 4.26. The van der Waals surface area contributed by atoms with Gasteiger partial charge in [-0.1, -0.05) is 50.8 Å². The first-order chi connectivity index (χ1) is 9.85. The van der Waals surface area contributed by atoms with Crippen molar-refractivity contribution in [3.8, 4) is 5.75 Å². The van der Waals surface area contributed by atoms with Crippen LogP contribution in [0.3, 0.4) is 0 Å². The summed E-state index contributed by atoms with van der Waals surface area (Å²) in [7, 11) is 2.11. The monoisotopic (exact) mass is 275 g/mol. The first-order valence-corrected chi connectivity index (χ1v) is 8.20. The molecule has 1 aliphatic carbocycles. The van der Waals surface area contributed by atoms with Crippen LogP contribution in [-0.4, -0.2) is 19.7 Å². The molecule has 1 saturated carbocycles. The van der Waals surface area contributed by atoms with Gasteiger partial charge < -0.3 is 10.1 Å². The molecule has 2 heteroatoms. The van der Waals surface area contributed by atoms with Gasteiger partial charge in [0.15, 0.2) is 0 Å². The van der Waals surface area contributed by atoms with Gasteiger partial charge in [-0.2, -0.15) is 0 Å². The summed E-state index contributed by atoms with van der Waals surface area (Å²) in [6.45, 7) is 3.15. The van der Waals surface area contributed by atoms with Crippen molar-refractivity contribution in [2.75, 3.05) is 13.7 Å². The van der Waals surface area contributed by atoms with Crippen LogP contribution in [0.25, 0.3) is 0 Å². The lowest BCUT2D eigenvalue weighted by Crippen LogP contribution is -2.40. The summed E-state index contributed by atoms with van der Waals surface area (Å²) in [5, 5.41) is 3.54. The smallest absolute Gasteiger partial charge is 0.119 e. The van der Waals surface area contributed by atoms with Gasteiger partial charge in [-0.05, 0) is 43.9 Å². The Morgan fingerprint density at radius 3 is 2.65 bits per heavy atom. The molecule has 0 amide bonds. The SMILES string of the molecule is CCC1CCCCC1C(CCOc1ccccc1)NC. The maximum atomic E-state index is 5.86. The lowest BCUT2D eigenvalue weighted by Gasteiger charge is -2.36. The Morgan fingerprint density at radius 2 is 1.95 bits per heavy atom.